The summed E-state index contributed by atoms with van der Waals surface area (Å²) in [7, 11) is 0. The highest BCUT2D eigenvalue weighted by Crippen LogP contribution is 2.28. The van der Waals surface area contributed by atoms with Crippen molar-refractivity contribution in [2.45, 2.75) is 32.8 Å². The molecule has 2 rings (SSSR count). The van der Waals surface area contributed by atoms with E-state index in [0.717, 1.165) is 25.9 Å². The lowest BCUT2D eigenvalue weighted by molar-refractivity contribution is 0.222. The summed E-state index contributed by atoms with van der Waals surface area (Å²) >= 11 is 6.13. The van der Waals surface area contributed by atoms with Crippen LogP contribution in [-0.2, 0) is 0 Å². The van der Waals surface area contributed by atoms with E-state index >= 15 is 0 Å². The van der Waals surface area contributed by atoms with E-state index in [1.165, 1.54) is 0 Å². The second-order valence-corrected chi connectivity index (χ2v) is 5.34. The molecule has 0 aromatic heterocycles. The summed E-state index contributed by atoms with van der Waals surface area (Å²) in [6, 6.07) is 5.23. The van der Waals surface area contributed by atoms with E-state index in [2.05, 4.69) is 5.32 Å². The quantitative estimate of drug-likeness (QED) is 0.917. The number of urea groups is 1. The van der Waals surface area contributed by atoms with Crippen molar-refractivity contribution in [2.75, 3.05) is 18.4 Å². The molecule has 1 aromatic carbocycles. The predicted molar refractivity (Wildman–Crippen MR) is 77.0 cm³/mol. The molecule has 0 saturated carbocycles. The number of benzene rings is 1. The zero-order valence-corrected chi connectivity index (χ0v) is 12.0. The number of ether oxygens (including phenoxy) is 1. The number of hydrogen-bond donors (Lipinski definition) is 1. The zero-order chi connectivity index (χ0) is 13.8. The van der Waals surface area contributed by atoms with Crippen molar-refractivity contribution in [3.05, 3.63) is 23.2 Å². The van der Waals surface area contributed by atoms with E-state index in [1.807, 2.05) is 18.7 Å². The smallest absolute Gasteiger partial charge is 0.321 e. The Morgan fingerprint density at radius 3 is 2.63 bits per heavy atom. The van der Waals surface area contributed by atoms with Gasteiger partial charge in [0, 0.05) is 18.8 Å². The molecule has 0 aliphatic carbocycles. The summed E-state index contributed by atoms with van der Waals surface area (Å²) in [5.74, 6) is 0.635. The van der Waals surface area contributed by atoms with Crippen LogP contribution in [0.25, 0.3) is 0 Å². The number of carbonyl (C=O) groups excluding carboxylic acids is 1. The van der Waals surface area contributed by atoms with Gasteiger partial charge >= 0.3 is 6.03 Å². The third-order valence-electron chi connectivity index (χ3n) is 2.94. The van der Waals surface area contributed by atoms with Crippen molar-refractivity contribution in [3.63, 3.8) is 0 Å². The highest BCUT2D eigenvalue weighted by atomic mass is 35.5. The second kappa shape index (κ2) is 6.15. The molecule has 1 saturated heterocycles. The largest absolute Gasteiger partial charge is 0.489 e. The molecule has 5 heteroatoms. The molecular formula is C14H19ClN2O2. The maximum atomic E-state index is 11.9. The summed E-state index contributed by atoms with van der Waals surface area (Å²) in [5, 5.41) is 3.36. The number of rotatable bonds is 3. The van der Waals surface area contributed by atoms with E-state index in [-0.39, 0.29) is 12.1 Å². The molecule has 0 bridgehead atoms. The molecule has 1 fully saturated rings. The molecule has 1 N–H and O–H groups in total. The number of likely N-dealkylation sites (tertiary alicyclic amines) is 1. The molecule has 0 unspecified atom stereocenters. The number of anilines is 1. The molecular weight excluding hydrogens is 264 g/mol. The second-order valence-electron chi connectivity index (χ2n) is 4.94. The molecule has 0 radical (unpaired) electrons. The van der Waals surface area contributed by atoms with Crippen LogP contribution in [0.5, 0.6) is 5.75 Å². The number of hydrogen-bond acceptors (Lipinski definition) is 2. The summed E-state index contributed by atoms with van der Waals surface area (Å²) < 4.78 is 5.55. The van der Waals surface area contributed by atoms with Crippen LogP contribution >= 0.6 is 11.6 Å². The molecule has 1 aliphatic heterocycles. The lowest BCUT2D eigenvalue weighted by atomic mass is 10.3. The van der Waals surface area contributed by atoms with Gasteiger partial charge in [0.15, 0.2) is 0 Å². The summed E-state index contributed by atoms with van der Waals surface area (Å²) in [5.41, 5.74) is 0.693. The van der Waals surface area contributed by atoms with Crippen molar-refractivity contribution in [1.29, 1.82) is 0 Å². The van der Waals surface area contributed by atoms with Crippen molar-refractivity contribution in [2.24, 2.45) is 0 Å². The van der Waals surface area contributed by atoms with E-state index in [0.29, 0.717) is 16.5 Å². The zero-order valence-electron chi connectivity index (χ0n) is 11.3. The van der Waals surface area contributed by atoms with Gasteiger partial charge in [0.05, 0.1) is 11.1 Å². The first-order valence-corrected chi connectivity index (χ1v) is 6.96. The number of amides is 2. The van der Waals surface area contributed by atoms with Gasteiger partial charge in [0.1, 0.15) is 5.75 Å². The standard InChI is InChI=1S/C14H19ClN2O2/c1-10(2)19-13-6-5-11(9-12(13)15)16-14(18)17-7-3-4-8-17/h5-6,9-10H,3-4,7-8H2,1-2H3,(H,16,18). The van der Waals surface area contributed by atoms with Crippen molar-refractivity contribution < 1.29 is 9.53 Å². The molecule has 0 atom stereocenters. The molecule has 2 amide bonds. The predicted octanol–water partition coefficient (Wildman–Crippen LogP) is 3.75. The van der Waals surface area contributed by atoms with Gasteiger partial charge in [-0.15, -0.1) is 0 Å². The number of nitrogens with zero attached hydrogens (tertiary/aromatic N) is 1. The summed E-state index contributed by atoms with van der Waals surface area (Å²) in [6.07, 6.45) is 2.23. The Labute approximate surface area is 118 Å². The van der Waals surface area contributed by atoms with Gasteiger partial charge in [-0.25, -0.2) is 4.79 Å². The van der Waals surface area contributed by atoms with Crippen LogP contribution in [0, 0.1) is 0 Å². The average Bonchev–Trinajstić information content (AvgIpc) is 2.86. The molecule has 19 heavy (non-hydrogen) atoms. The first-order valence-electron chi connectivity index (χ1n) is 6.58. The van der Waals surface area contributed by atoms with Crippen molar-refractivity contribution in [3.8, 4) is 5.75 Å². The van der Waals surface area contributed by atoms with Gasteiger partial charge < -0.3 is 15.0 Å². The maximum Gasteiger partial charge on any atom is 0.321 e. The van der Waals surface area contributed by atoms with Crippen LogP contribution in [0.15, 0.2) is 18.2 Å². The van der Waals surface area contributed by atoms with E-state index < -0.39 is 0 Å². The van der Waals surface area contributed by atoms with Crippen LogP contribution in [0.2, 0.25) is 5.02 Å². The molecule has 104 valence electrons. The maximum absolute atomic E-state index is 11.9. The molecule has 0 spiro atoms. The highest BCUT2D eigenvalue weighted by molar-refractivity contribution is 6.32. The fraction of sp³-hybridized carbons (Fsp3) is 0.500. The first kappa shape index (κ1) is 14.0. The van der Waals surface area contributed by atoms with Crippen LogP contribution in [0.3, 0.4) is 0 Å². The van der Waals surface area contributed by atoms with Gasteiger partial charge in [0.2, 0.25) is 0 Å². The van der Waals surface area contributed by atoms with Crippen LogP contribution in [-0.4, -0.2) is 30.1 Å². The average molecular weight is 283 g/mol. The molecule has 4 nitrogen and oxygen atoms in total. The monoisotopic (exact) mass is 282 g/mol. The van der Waals surface area contributed by atoms with Crippen molar-refractivity contribution >= 4 is 23.3 Å². The summed E-state index contributed by atoms with van der Waals surface area (Å²) in [6.45, 7) is 5.54. The fourth-order valence-electron chi connectivity index (χ4n) is 2.05. The lowest BCUT2D eigenvalue weighted by Crippen LogP contribution is -2.32. The fourth-order valence-corrected chi connectivity index (χ4v) is 2.28. The third kappa shape index (κ3) is 3.77. The number of halogens is 1. The highest BCUT2D eigenvalue weighted by Gasteiger charge is 2.18. The van der Waals surface area contributed by atoms with E-state index in [1.54, 1.807) is 18.2 Å². The van der Waals surface area contributed by atoms with Crippen LogP contribution in [0.1, 0.15) is 26.7 Å². The Morgan fingerprint density at radius 2 is 2.05 bits per heavy atom. The van der Waals surface area contributed by atoms with Crippen molar-refractivity contribution in [1.82, 2.24) is 4.90 Å². The Morgan fingerprint density at radius 1 is 1.37 bits per heavy atom. The Kier molecular flexibility index (Phi) is 4.53. The minimum Gasteiger partial charge on any atom is -0.489 e. The topological polar surface area (TPSA) is 41.6 Å². The molecule has 1 heterocycles. The number of nitrogens with one attached hydrogen (secondary N) is 1. The lowest BCUT2D eigenvalue weighted by Gasteiger charge is -2.17. The SMILES string of the molecule is CC(C)Oc1ccc(NC(=O)N2CCCC2)cc1Cl. The van der Waals surface area contributed by atoms with Crippen LogP contribution < -0.4 is 10.1 Å². The van der Waals surface area contributed by atoms with Gasteiger partial charge in [-0.3, -0.25) is 0 Å². The Bertz CT molecular complexity index is 457. The van der Waals surface area contributed by atoms with Crippen LogP contribution in [0.4, 0.5) is 10.5 Å². The first-order chi connectivity index (χ1) is 9.06. The van der Waals surface area contributed by atoms with E-state index in [9.17, 15) is 4.79 Å². The normalized spacial score (nSPS) is 14.8. The number of carbonyl (C=O) groups is 1. The molecule has 1 aliphatic rings. The van der Waals surface area contributed by atoms with E-state index in [4.69, 9.17) is 16.3 Å². The Hall–Kier alpha value is -1.42. The van der Waals surface area contributed by atoms with Gasteiger partial charge in [0.25, 0.3) is 0 Å². The minimum atomic E-state index is -0.0638. The summed E-state index contributed by atoms with van der Waals surface area (Å²) in [4.78, 5) is 13.7. The van der Waals surface area contributed by atoms with Gasteiger partial charge in [-0.1, -0.05) is 11.6 Å². The van der Waals surface area contributed by atoms with Gasteiger partial charge in [-0.05, 0) is 44.9 Å². The van der Waals surface area contributed by atoms with Gasteiger partial charge in [-0.2, -0.15) is 0 Å². The minimum absolute atomic E-state index is 0.0638. The Balaban J connectivity index is 2.01. The third-order valence-corrected chi connectivity index (χ3v) is 3.23. The molecule has 1 aromatic rings.